The Bertz CT molecular complexity index is 655. The molecule has 1 saturated heterocycles. The number of ether oxygens (including phenoxy) is 1. The number of aromatic nitrogens is 1. The summed E-state index contributed by atoms with van der Waals surface area (Å²) in [5.74, 6) is -0.326. The van der Waals surface area contributed by atoms with Gasteiger partial charge in [0.1, 0.15) is 10.7 Å². The molecule has 3 heterocycles. The van der Waals surface area contributed by atoms with Crippen LogP contribution in [0.1, 0.15) is 34.2 Å². The summed E-state index contributed by atoms with van der Waals surface area (Å²) in [6, 6.07) is 0.0342. The van der Waals surface area contributed by atoms with E-state index in [0.717, 1.165) is 6.42 Å². The fourth-order valence-electron chi connectivity index (χ4n) is 2.74. The van der Waals surface area contributed by atoms with Gasteiger partial charge in [-0.25, -0.2) is 0 Å². The van der Waals surface area contributed by atoms with Crippen LogP contribution in [0.5, 0.6) is 0 Å². The molecule has 2 aliphatic heterocycles. The summed E-state index contributed by atoms with van der Waals surface area (Å²) in [7, 11) is 0. The Hall–Kier alpha value is -1.66. The summed E-state index contributed by atoms with van der Waals surface area (Å²) < 4.78 is 7.13. The summed E-state index contributed by atoms with van der Waals surface area (Å²) in [5, 5.41) is -0.198. The van der Waals surface area contributed by atoms with E-state index in [2.05, 4.69) is 0 Å². The van der Waals surface area contributed by atoms with E-state index in [9.17, 15) is 14.4 Å². The highest BCUT2D eigenvalue weighted by molar-refractivity contribution is 6.33. The number of hydrogen-bond donors (Lipinski definition) is 0. The number of halogens is 1. The van der Waals surface area contributed by atoms with Gasteiger partial charge in [0.25, 0.3) is 5.91 Å². The average Bonchev–Trinajstić information content (AvgIpc) is 2.42. The van der Waals surface area contributed by atoms with Crippen LogP contribution in [0.25, 0.3) is 0 Å². The fraction of sp³-hybridized carbons (Fsp3) is 0.462. The largest absolute Gasteiger partial charge is 0.356 e. The van der Waals surface area contributed by atoms with Gasteiger partial charge >= 0.3 is 0 Å². The van der Waals surface area contributed by atoms with E-state index in [4.69, 9.17) is 16.3 Å². The van der Waals surface area contributed by atoms with Crippen LogP contribution < -0.4 is 5.43 Å². The van der Waals surface area contributed by atoms with Crippen LogP contribution in [0.4, 0.5) is 0 Å². The minimum atomic E-state index is -0.606. The first-order valence-corrected chi connectivity index (χ1v) is 6.74. The molecule has 0 unspecified atom stereocenters. The molecule has 0 N–H and O–H groups in total. The van der Waals surface area contributed by atoms with Crippen LogP contribution in [0.15, 0.2) is 11.0 Å². The Morgan fingerprint density at radius 3 is 2.90 bits per heavy atom. The van der Waals surface area contributed by atoms with Crippen molar-refractivity contribution in [2.24, 2.45) is 0 Å². The Balaban J connectivity index is 2.18. The van der Waals surface area contributed by atoms with Crippen molar-refractivity contribution in [2.45, 2.75) is 32.2 Å². The molecular weight excluding hydrogens is 284 g/mol. The van der Waals surface area contributed by atoms with Gasteiger partial charge in [-0.1, -0.05) is 11.6 Å². The van der Waals surface area contributed by atoms with Crippen LogP contribution in [-0.4, -0.2) is 40.5 Å². The maximum Gasteiger partial charge on any atom is 0.274 e. The van der Waals surface area contributed by atoms with Gasteiger partial charge in [0, 0.05) is 12.2 Å². The van der Waals surface area contributed by atoms with Crippen molar-refractivity contribution < 1.29 is 14.3 Å². The van der Waals surface area contributed by atoms with Crippen molar-refractivity contribution in [3.8, 4) is 0 Å². The predicted octanol–water partition coefficient (Wildman–Crippen LogP) is 0.905. The molecule has 0 aliphatic carbocycles. The van der Waals surface area contributed by atoms with Crippen molar-refractivity contribution >= 4 is 23.8 Å². The first-order valence-electron chi connectivity index (χ1n) is 6.37. The van der Waals surface area contributed by atoms with E-state index in [1.54, 1.807) is 4.90 Å². The molecule has 1 aromatic heterocycles. The lowest BCUT2D eigenvalue weighted by molar-refractivity contribution is -0.112. The Morgan fingerprint density at radius 1 is 1.45 bits per heavy atom. The highest BCUT2D eigenvalue weighted by Gasteiger charge is 2.40. The molecule has 20 heavy (non-hydrogen) atoms. The second-order valence-corrected chi connectivity index (χ2v) is 5.40. The first-order chi connectivity index (χ1) is 9.54. The molecular formula is C13H13ClN2O4. The minimum absolute atomic E-state index is 0.0342. The van der Waals surface area contributed by atoms with E-state index in [0.29, 0.717) is 19.4 Å². The average molecular weight is 297 g/mol. The van der Waals surface area contributed by atoms with Crippen LogP contribution in [0.2, 0.25) is 5.02 Å². The number of aldehydes is 1. The van der Waals surface area contributed by atoms with Gasteiger partial charge in [0.15, 0.2) is 12.5 Å². The predicted molar refractivity (Wildman–Crippen MR) is 71.1 cm³/mol. The Labute approximate surface area is 119 Å². The fourth-order valence-corrected chi connectivity index (χ4v) is 3.03. The summed E-state index contributed by atoms with van der Waals surface area (Å²) in [6.07, 6.45) is 2.19. The third kappa shape index (κ3) is 1.79. The summed E-state index contributed by atoms with van der Waals surface area (Å²) in [5.41, 5.74) is -0.523. The molecule has 106 valence electrons. The van der Waals surface area contributed by atoms with Crippen LogP contribution >= 0.6 is 11.6 Å². The molecule has 6 nitrogen and oxygen atoms in total. The van der Waals surface area contributed by atoms with Crippen molar-refractivity contribution in [3.63, 3.8) is 0 Å². The number of hydrogen-bond acceptors (Lipinski definition) is 4. The third-order valence-electron chi connectivity index (χ3n) is 3.80. The van der Waals surface area contributed by atoms with E-state index in [-0.39, 0.29) is 34.5 Å². The van der Waals surface area contributed by atoms with Gasteiger partial charge in [-0.3, -0.25) is 14.4 Å². The molecule has 0 saturated carbocycles. The molecule has 2 atom stereocenters. The standard InChI is InChI=1S/C13H13ClN2O4/c1-7-2-3-20-9-5-15-4-8(6-17)12(18)10(14)11(15)13(19)16(7)9/h4,6-7,9H,2-3,5H2,1H3/t7-,9+/m1/s1. The SMILES string of the molecule is C[C@@H]1CCO[C@H]2Cn3cc(C=O)c(=O)c(Cl)c3C(=O)N12. The number of rotatable bonds is 1. The first kappa shape index (κ1) is 13.3. The number of amides is 1. The minimum Gasteiger partial charge on any atom is -0.356 e. The number of fused-ring (bicyclic) bond motifs is 2. The van der Waals surface area contributed by atoms with E-state index in [1.165, 1.54) is 10.8 Å². The quantitative estimate of drug-likeness (QED) is 0.722. The lowest BCUT2D eigenvalue weighted by atomic mass is 10.1. The number of carbonyl (C=O) groups is 2. The zero-order valence-electron chi connectivity index (χ0n) is 10.8. The van der Waals surface area contributed by atoms with Gasteiger partial charge in [0.05, 0.1) is 18.7 Å². The maximum absolute atomic E-state index is 12.5. The summed E-state index contributed by atoms with van der Waals surface area (Å²) in [4.78, 5) is 36.9. The zero-order valence-corrected chi connectivity index (χ0v) is 11.6. The molecule has 7 heteroatoms. The van der Waals surface area contributed by atoms with Gasteiger partial charge in [-0.15, -0.1) is 0 Å². The van der Waals surface area contributed by atoms with Crippen LogP contribution in [-0.2, 0) is 11.3 Å². The van der Waals surface area contributed by atoms with Crippen LogP contribution in [0.3, 0.4) is 0 Å². The second kappa shape index (κ2) is 4.71. The lowest BCUT2D eigenvalue weighted by Crippen LogP contribution is -2.57. The lowest BCUT2D eigenvalue weighted by Gasteiger charge is -2.44. The van der Waals surface area contributed by atoms with Crippen molar-refractivity contribution in [1.29, 1.82) is 0 Å². The molecule has 1 aromatic rings. The van der Waals surface area contributed by atoms with Gasteiger partial charge < -0.3 is 14.2 Å². The molecule has 0 spiro atoms. The van der Waals surface area contributed by atoms with Crippen LogP contribution in [0, 0.1) is 0 Å². The normalized spacial score (nSPS) is 25.1. The molecule has 0 radical (unpaired) electrons. The molecule has 0 bridgehead atoms. The zero-order chi connectivity index (χ0) is 14.4. The van der Waals surface area contributed by atoms with Crippen molar-refractivity contribution in [2.75, 3.05) is 6.61 Å². The molecule has 2 aliphatic rings. The molecule has 0 aromatic carbocycles. The molecule has 1 fully saturated rings. The molecule has 1 amide bonds. The Kier molecular flexibility index (Phi) is 3.14. The Morgan fingerprint density at radius 2 is 2.20 bits per heavy atom. The maximum atomic E-state index is 12.5. The van der Waals surface area contributed by atoms with E-state index >= 15 is 0 Å². The summed E-state index contributed by atoms with van der Waals surface area (Å²) in [6.45, 7) is 2.89. The van der Waals surface area contributed by atoms with Gasteiger partial charge in [-0.2, -0.15) is 0 Å². The number of nitrogens with zero attached hydrogens (tertiary/aromatic N) is 2. The topological polar surface area (TPSA) is 68.6 Å². The molecule has 3 rings (SSSR count). The number of carbonyl (C=O) groups excluding carboxylic acids is 2. The second-order valence-electron chi connectivity index (χ2n) is 5.02. The highest BCUT2D eigenvalue weighted by atomic mass is 35.5. The smallest absolute Gasteiger partial charge is 0.274 e. The van der Waals surface area contributed by atoms with Gasteiger partial charge in [-0.05, 0) is 13.3 Å². The highest BCUT2D eigenvalue weighted by Crippen LogP contribution is 2.28. The number of pyridine rings is 1. The third-order valence-corrected chi connectivity index (χ3v) is 4.15. The van der Waals surface area contributed by atoms with E-state index in [1.807, 2.05) is 6.92 Å². The summed E-state index contributed by atoms with van der Waals surface area (Å²) >= 11 is 5.99. The van der Waals surface area contributed by atoms with E-state index < -0.39 is 5.43 Å². The van der Waals surface area contributed by atoms with Crippen molar-refractivity contribution in [3.05, 3.63) is 32.7 Å². The monoisotopic (exact) mass is 296 g/mol. The van der Waals surface area contributed by atoms with Crippen molar-refractivity contribution in [1.82, 2.24) is 9.47 Å². The van der Waals surface area contributed by atoms with Gasteiger partial charge in [0.2, 0.25) is 5.43 Å².